The summed E-state index contributed by atoms with van der Waals surface area (Å²) in [6, 6.07) is 14.0. The lowest BCUT2D eigenvalue weighted by Gasteiger charge is -2.26. The van der Waals surface area contributed by atoms with Crippen LogP contribution in [0.15, 0.2) is 60.9 Å². The van der Waals surface area contributed by atoms with E-state index in [4.69, 9.17) is 5.14 Å². The fourth-order valence-electron chi connectivity index (χ4n) is 2.94. The summed E-state index contributed by atoms with van der Waals surface area (Å²) < 4.78 is 23.3. The Morgan fingerprint density at radius 1 is 1.15 bits per heavy atom. The Balaban J connectivity index is 1.91. The molecule has 140 valence electrons. The van der Waals surface area contributed by atoms with Crippen LogP contribution in [0.1, 0.15) is 39.8 Å². The van der Waals surface area contributed by atoms with Gasteiger partial charge in [-0.25, -0.2) is 13.6 Å². The van der Waals surface area contributed by atoms with E-state index in [1.54, 1.807) is 49.5 Å². The Morgan fingerprint density at radius 2 is 1.85 bits per heavy atom. The first-order chi connectivity index (χ1) is 12.7. The van der Waals surface area contributed by atoms with Gasteiger partial charge in [0, 0.05) is 30.1 Å². The van der Waals surface area contributed by atoms with Crippen molar-refractivity contribution in [3.8, 4) is 0 Å². The van der Waals surface area contributed by atoms with E-state index >= 15 is 0 Å². The molecule has 6 nitrogen and oxygen atoms in total. The van der Waals surface area contributed by atoms with Crippen molar-refractivity contribution in [2.75, 3.05) is 0 Å². The zero-order chi connectivity index (χ0) is 19.7. The maximum atomic E-state index is 12.6. The van der Waals surface area contributed by atoms with E-state index < -0.39 is 14.8 Å². The van der Waals surface area contributed by atoms with Crippen LogP contribution in [0.5, 0.6) is 0 Å². The van der Waals surface area contributed by atoms with Crippen LogP contribution in [0, 0.1) is 6.92 Å². The largest absolute Gasteiger partial charge is 0.356 e. The number of hydrogen-bond acceptors (Lipinski definition) is 4. The highest BCUT2D eigenvalue weighted by Crippen LogP contribution is 2.31. The Kier molecular flexibility index (Phi) is 4.99. The average molecular weight is 383 g/mol. The van der Waals surface area contributed by atoms with Crippen molar-refractivity contribution in [2.24, 2.45) is 5.14 Å². The summed E-state index contributed by atoms with van der Waals surface area (Å²) in [5.41, 5.74) is 3.13. The zero-order valence-electron chi connectivity index (χ0n) is 15.1. The molecule has 0 aliphatic rings. The fourth-order valence-corrected chi connectivity index (χ4v) is 3.75. The number of hydrogen-bond donors (Lipinski definition) is 2. The Bertz CT molecular complexity index is 1060. The van der Waals surface area contributed by atoms with Crippen LogP contribution in [0.3, 0.4) is 0 Å². The van der Waals surface area contributed by atoms with Gasteiger partial charge < -0.3 is 4.98 Å². The lowest BCUT2D eigenvalue weighted by atomic mass is 9.97. The first-order valence-corrected chi connectivity index (χ1v) is 9.97. The molecule has 0 saturated heterocycles. The number of nitrogens with zero attached hydrogens (tertiary/aromatic N) is 1. The van der Waals surface area contributed by atoms with Crippen molar-refractivity contribution in [2.45, 2.75) is 25.0 Å². The van der Waals surface area contributed by atoms with Crippen LogP contribution >= 0.6 is 0 Å². The van der Waals surface area contributed by atoms with Gasteiger partial charge >= 0.3 is 0 Å². The van der Waals surface area contributed by atoms with E-state index in [9.17, 15) is 13.2 Å². The van der Waals surface area contributed by atoms with Crippen molar-refractivity contribution < 1.29 is 13.2 Å². The van der Waals surface area contributed by atoms with Gasteiger partial charge in [-0.2, -0.15) is 0 Å². The summed E-state index contributed by atoms with van der Waals surface area (Å²) >= 11 is 0. The van der Waals surface area contributed by atoms with Gasteiger partial charge in [0.15, 0.2) is 0 Å². The van der Waals surface area contributed by atoms with Gasteiger partial charge in [-0.05, 0) is 37.6 Å². The molecular weight excluding hydrogens is 362 g/mol. The number of carbonyl (C=O) groups is 1. The zero-order valence-corrected chi connectivity index (χ0v) is 16.0. The number of benzene rings is 1. The summed E-state index contributed by atoms with van der Waals surface area (Å²) in [5.74, 6) is -0.153. The van der Waals surface area contributed by atoms with E-state index in [-0.39, 0.29) is 12.2 Å². The predicted octanol–water partition coefficient (Wildman–Crippen LogP) is 2.70. The van der Waals surface area contributed by atoms with Crippen molar-refractivity contribution >= 4 is 15.8 Å². The van der Waals surface area contributed by atoms with E-state index in [0.717, 1.165) is 5.56 Å². The predicted molar refractivity (Wildman–Crippen MR) is 104 cm³/mol. The molecule has 0 fully saturated rings. The topological polar surface area (TPSA) is 106 Å². The number of aryl methyl sites for hydroxylation is 1. The second-order valence-corrected chi connectivity index (χ2v) is 8.78. The molecule has 1 aromatic carbocycles. The maximum Gasteiger partial charge on any atom is 0.219 e. The smallest absolute Gasteiger partial charge is 0.219 e. The van der Waals surface area contributed by atoms with Gasteiger partial charge in [0.1, 0.15) is 4.75 Å². The number of aromatic nitrogens is 2. The van der Waals surface area contributed by atoms with Crippen LogP contribution in [-0.2, 0) is 21.2 Å². The molecule has 1 unspecified atom stereocenters. The molecule has 3 rings (SSSR count). The van der Waals surface area contributed by atoms with Gasteiger partial charge in [0.05, 0.1) is 5.69 Å². The van der Waals surface area contributed by atoms with Crippen LogP contribution in [0.25, 0.3) is 0 Å². The molecule has 0 spiro atoms. The maximum absolute atomic E-state index is 12.6. The van der Waals surface area contributed by atoms with Crippen LogP contribution in [-0.4, -0.2) is 24.2 Å². The van der Waals surface area contributed by atoms with Crippen molar-refractivity contribution in [3.63, 3.8) is 0 Å². The number of nitrogens with one attached hydrogen (secondary N) is 1. The highest BCUT2D eigenvalue weighted by atomic mass is 32.2. The van der Waals surface area contributed by atoms with Crippen LogP contribution in [0.2, 0.25) is 0 Å². The Morgan fingerprint density at radius 3 is 2.44 bits per heavy atom. The van der Waals surface area contributed by atoms with Crippen molar-refractivity contribution in [1.29, 1.82) is 0 Å². The third kappa shape index (κ3) is 3.84. The van der Waals surface area contributed by atoms with Gasteiger partial charge in [0.2, 0.25) is 15.8 Å². The minimum Gasteiger partial charge on any atom is -0.356 e. The lowest BCUT2D eigenvalue weighted by molar-refractivity contribution is 0.103. The first-order valence-electron chi connectivity index (χ1n) is 8.43. The number of pyridine rings is 1. The second-order valence-electron chi connectivity index (χ2n) is 6.79. The molecule has 0 saturated carbocycles. The molecule has 0 aliphatic heterocycles. The highest BCUT2D eigenvalue weighted by molar-refractivity contribution is 7.90. The van der Waals surface area contributed by atoms with Crippen LogP contribution < -0.4 is 5.14 Å². The van der Waals surface area contributed by atoms with E-state index in [2.05, 4.69) is 9.97 Å². The molecular formula is C20H21N3O3S. The molecule has 2 aromatic heterocycles. The first kappa shape index (κ1) is 19.0. The normalized spacial score (nSPS) is 13.9. The van der Waals surface area contributed by atoms with E-state index in [0.29, 0.717) is 22.5 Å². The third-order valence-corrected chi connectivity index (χ3v) is 6.37. The third-order valence-electron chi connectivity index (χ3n) is 4.73. The highest BCUT2D eigenvalue weighted by Gasteiger charge is 2.39. The number of nitrogens with two attached hydrogens (primary N) is 1. The molecule has 1 atom stereocenters. The van der Waals surface area contributed by atoms with Crippen LogP contribution in [0.4, 0.5) is 0 Å². The molecule has 0 bridgehead atoms. The number of rotatable bonds is 6. The summed E-state index contributed by atoms with van der Waals surface area (Å²) in [5, 5.41) is 5.53. The monoisotopic (exact) mass is 383 g/mol. The molecule has 3 aromatic rings. The number of aromatic amines is 1. The molecule has 2 heterocycles. The lowest BCUT2D eigenvalue weighted by Crippen LogP contribution is -2.40. The SMILES string of the molecule is Cc1ccc(C(=O)c2ccc(CC(C)(c3cccnc3)S(N)(=O)=O)[nH]2)cc1. The van der Waals surface area contributed by atoms with Crippen molar-refractivity contribution in [1.82, 2.24) is 9.97 Å². The summed E-state index contributed by atoms with van der Waals surface area (Å²) in [6.07, 6.45) is 3.16. The van der Waals surface area contributed by atoms with E-state index in [1.807, 2.05) is 19.1 Å². The molecule has 27 heavy (non-hydrogen) atoms. The molecule has 0 amide bonds. The summed E-state index contributed by atoms with van der Waals surface area (Å²) in [7, 11) is -3.93. The second kappa shape index (κ2) is 7.09. The minimum absolute atomic E-state index is 0.0959. The molecule has 3 N–H and O–H groups in total. The fraction of sp³-hybridized carbons (Fsp3) is 0.200. The summed E-state index contributed by atoms with van der Waals surface area (Å²) in [4.78, 5) is 19.7. The van der Waals surface area contributed by atoms with Crippen molar-refractivity contribution in [3.05, 3.63) is 89.0 Å². The van der Waals surface area contributed by atoms with Gasteiger partial charge in [-0.3, -0.25) is 9.78 Å². The molecule has 7 heteroatoms. The number of primary sulfonamides is 1. The Labute approximate surface area is 158 Å². The number of ketones is 1. The standard InChI is InChI=1S/C20H21N3O3S/c1-14-5-7-15(8-6-14)19(24)18-10-9-17(23-18)12-20(2,27(21,25)26)16-4-3-11-22-13-16/h3-11,13,23H,12H2,1-2H3,(H2,21,25,26). The van der Waals surface area contributed by atoms with Gasteiger partial charge in [0.25, 0.3) is 0 Å². The average Bonchev–Trinajstić information content (AvgIpc) is 3.10. The number of carbonyl (C=O) groups excluding carboxylic acids is 1. The van der Waals surface area contributed by atoms with Gasteiger partial charge in [-0.15, -0.1) is 0 Å². The molecule has 0 radical (unpaired) electrons. The molecule has 0 aliphatic carbocycles. The Hall–Kier alpha value is -2.77. The summed E-state index contributed by atoms with van der Waals surface area (Å²) in [6.45, 7) is 3.51. The number of H-pyrrole nitrogens is 1. The van der Waals surface area contributed by atoms with Gasteiger partial charge in [-0.1, -0.05) is 35.9 Å². The van der Waals surface area contributed by atoms with E-state index in [1.165, 1.54) is 6.20 Å². The quantitative estimate of drug-likeness (QED) is 0.638. The minimum atomic E-state index is -3.93. The number of sulfonamides is 1.